The van der Waals surface area contributed by atoms with Crippen molar-refractivity contribution in [3.05, 3.63) is 36.4 Å². The minimum atomic E-state index is 0.731. The van der Waals surface area contributed by atoms with E-state index in [1.807, 2.05) is 24.3 Å². The molecular formula is C15H20N2O. The number of rotatable bonds is 7. The zero-order valence-corrected chi connectivity index (χ0v) is 10.9. The summed E-state index contributed by atoms with van der Waals surface area (Å²) in [5.74, 6) is 0.910. The number of ether oxygens (including phenoxy) is 1. The first-order chi connectivity index (χ1) is 8.90. The Morgan fingerprint density at radius 2 is 2.00 bits per heavy atom. The molecule has 0 unspecified atom stereocenters. The number of hydrogen-bond donors (Lipinski definition) is 1. The monoisotopic (exact) mass is 244 g/mol. The molecule has 0 saturated carbocycles. The Labute approximate surface area is 108 Å². The summed E-state index contributed by atoms with van der Waals surface area (Å²) in [4.78, 5) is 4.54. The van der Waals surface area contributed by atoms with Crippen LogP contribution >= 0.6 is 0 Å². The van der Waals surface area contributed by atoms with Gasteiger partial charge >= 0.3 is 0 Å². The first-order valence-electron chi connectivity index (χ1n) is 6.57. The summed E-state index contributed by atoms with van der Waals surface area (Å²) < 4.78 is 5.49. The predicted molar refractivity (Wildman–Crippen MR) is 76.0 cm³/mol. The van der Waals surface area contributed by atoms with E-state index >= 15 is 0 Å². The van der Waals surface area contributed by atoms with Crippen molar-refractivity contribution in [2.24, 2.45) is 0 Å². The second-order valence-electron chi connectivity index (χ2n) is 4.28. The lowest BCUT2D eigenvalue weighted by Crippen LogP contribution is -2.10. The smallest absolute Gasteiger partial charge is 0.126 e. The van der Waals surface area contributed by atoms with E-state index in [-0.39, 0.29) is 0 Å². The van der Waals surface area contributed by atoms with Crippen molar-refractivity contribution < 1.29 is 4.74 Å². The van der Waals surface area contributed by atoms with Crippen molar-refractivity contribution in [1.82, 2.24) is 4.98 Å². The van der Waals surface area contributed by atoms with E-state index in [9.17, 15) is 0 Å². The summed E-state index contributed by atoms with van der Waals surface area (Å²) in [6.07, 6.45) is 2.31. The number of para-hydroxylation sites is 1. The minimum absolute atomic E-state index is 0.731. The third-order valence-electron chi connectivity index (χ3n) is 2.79. The number of fused-ring (bicyclic) bond motifs is 1. The molecule has 0 spiro atoms. The lowest BCUT2D eigenvalue weighted by atomic mass is 10.2. The SMILES string of the molecule is CCCCOCCNc1ccc2ccccc2n1. The highest BCUT2D eigenvalue weighted by Crippen LogP contribution is 2.14. The van der Waals surface area contributed by atoms with Crippen molar-refractivity contribution >= 4 is 16.7 Å². The Hall–Kier alpha value is -1.61. The highest BCUT2D eigenvalue weighted by molar-refractivity contribution is 5.79. The molecule has 2 aromatic rings. The summed E-state index contributed by atoms with van der Waals surface area (Å²) in [7, 11) is 0. The summed E-state index contributed by atoms with van der Waals surface area (Å²) in [6.45, 7) is 4.55. The summed E-state index contributed by atoms with van der Waals surface area (Å²) >= 11 is 0. The number of aromatic nitrogens is 1. The van der Waals surface area contributed by atoms with E-state index in [4.69, 9.17) is 4.74 Å². The molecule has 0 radical (unpaired) electrons. The van der Waals surface area contributed by atoms with E-state index in [0.29, 0.717) is 0 Å². The van der Waals surface area contributed by atoms with Gasteiger partial charge in [-0.15, -0.1) is 0 Å². The van der Waals surface area contributed by atoms with Crippen LogP contribution in [0.1, 0.15) is 19.8 Å². The lowest BCUT2D eigenvalue weighted by Gasteiger charge is -2.07. The standard InChI is InChI=1S/C15H20N2O/c1-2-3-11-18-12-10-16-15-9-8-13-6-4-5-7-14(13)17-15/h4-9H,2-3,10-12H2,1H3,(H,16,17). The number of pyridine rings is 1. The topological polar surface area (TPSA) is 34.1 Å². The molecule has 0 aliphatic rings. The maximum atomic E-state index is 5.49. The molecule has 1 aromatic heterocycles. The molecule has 2 rings (SSSR count). The molecule has 0 aliphatic carbocycles. The van der Waals surface area contributed by atoms with E-state index in [1.54, 1.807) is 0 Å². The molecule has 0 atom stereocenters. The Morgan fingerprint density at radius 3 is 2.89 bits per heavy atom. The molecule has 18 heavy (non-hydrogen) atoms. The van der Waals surface area contributed by atoms with Gasteiger partial charge in [0.05, 0.1) is 12.1 Å². The average Bonchev–Trinajstić information content (AvgIpc) is 2.42. The Balaban J connectivity index is 1.81. The van der Waals surface area contributed by atoms with Crippen molar-refractivity contribution in [3.63, 3.8) is 0 Å². The first kappa shape index (κ1) is 12.8. The van der Waals surface area contributed by atoms with Crippen LogP contribution in [0.3, 0.4) is 0 Å². The van der Waals surface area contributed by atoms with Gasteiger partial charge in [-0.1, -0.05) is 31.5 Å². The molecular weight excluding hydrogens is 224 g/mol. The third kappa shape index (κ3) is 3.70. The van der Waals surface area contributed by atoms with Gasteiger partial charge in [0.25, 0.3) is 0 Å². The van der Waals surface area contributed by atoms with Crippen molar-refractivity contribution in [2.45, 2.75) is 19.8 Å². The first-order valence-corrected chi connectivity index (χ1v) is 6.57. The summed E-state index contributed by atoms with van der Waals surface area (Å²) in [5.41, 5.74) is 1.02. The van der Waals surface area contributed by atoms with Crippen molar-refractivity contribution in [2.75, 3.05) is 25.1 Å². The normalized spacial score (nSPS) is 10.7. The van der Waals surface area contributed by atoms with Crippen molar-refractivity contribution in [3.8, 4) is 0 Å². The van der Waals surface area contributed by atoms with Gasteiger partial charge in [0, 0.05) is 18.5 Å². The Bertz CT molecular complexity index is 485. The molecule has 0 fully saturated rings. The van der Waals surface area contributed by atoms with E-state index in [0.717, 1.165) is 37.5 Å². The van der Waals surface area contributed by atoms with Gasteiger partial charge in [-0.05, 0) is 24.6 Å². The number of nitrogens with one attached hydrogen (secondary N) is 1. The number of anilines is 1. The molecule has 0 aliphatic heterocycles. The number of unbranched alkanes of at least 4 members (excludes halogenated alkanes) is 1. The van der Waals surface area contributed by atoms with Crippen LogP contribution < -0.4 is 5.32 Å². The Kier molecular flexibility index (Phi) is 4.97. The maximum Gasteiger partial charge on any atom is 0.126 e. The van der Waals surface area contributed by atoms with E-state index < -0.39 is 0 Å². The van der Waals surface area contributed by atoms with E-state index in [1.165, 1.54) is 11.8 Å². The molecule has 0 bridgehead atoms. The minimum Gasteiger partial charge on any atom is -0.380 e. The van der Waals surface area contributed by atoms with Gasteiger partial charge in [-0.3, -0.25) is 0 Å². The fraction of sp³-hybridized carbons (Fsp3) is 0.400. The van der Waals surface area contributed by atoms with Crippen LogP contribution in [0.2, 0.25) is 0 Å². The zero-order chi connectivity index (χ0) is 12.6. The lowest BCUT2D eigenvalue weighted by molar-refractivity contribution is 0.141. The van der Waals surface area contributed by atoms with Crippen LogP contribution in [0.4, 0.5) is 5.82 Å². The van der Waals surface area contributed by atoms with E-state index in [2.05, 4.69) is 29.4 Å². The van der Waals surface area contributed by atoms with Gasteiger partial charge in [0.2, 0.25) is 0 Å². The summed E-state index contributed by atoms with van der Waals surface area (Å²) in [5, 5.41) is 4.45. The zero-order valence-electron chi connectivity index (χ0n) is 10.9. The van der Waals surface area contributed by atoms with Crippen LogP contribution in [0.5, 0.6) is 0 Å². The van der Waals surface area contributed by atoms with Crippen LogP contribution in [0.25, 0.3) is 10.9 Å². The predicted octanol–water partition coefficient (Wildman–Crippen LogP) is 3.46. The van der Waals surface area contributed by atoms with Gasteiger partial charge in [-0.25, -0.2) is 4.98 Å². The molecule has 3 heteroatoms. The largest absolute Gasteiger partial charge is 0.380 e. The molecule has 3 nitrogen and oxygen atoms in total. The van der Waals surface area contributed by atoms with Crippen LogP contribution in [0, 0.1) is 0 Å². The third-order valence-corrected chi connectivity index (χ3v) is 2.79. The molecule has 0 saturated heterocycles. The van der Waals surface area contributed by atoms with Gasteiger partial charge < -0.3 is 10.1 Å². The highest BCUT2D eigenvalue weighted by atomic mass is 16.5. The number of hydrogen-bond acceptors (Lipinski definition) is 3. The summed E-state index contributed by atoms with van der Waals surface area (Å²) in [6, 6.07) is 12.2. The Morgan fingerprint density at radius 1 is 1.11 bits per heavy atom. The van der Waals surface area contributed by atoms with Crippen LogP contribution in [-0.4, -0.2) is 24.7 Å². The van der Waals surface area contributed by atoms with Gasteiger partial charge in [0.15, 0.2) is 0 Å². The van der Waals surface area contributed by atoms with Gasteiger partial charge in [-0.2, -0.15) is 0 Å². The molecule has 1 aromatic carbocycles. The average molecular weight is 244 g/mol. The quantitative estimate of drug-likeness (QED) is 0.757. The molecule has 0 amide bonds. The number of benzene rings is 1. The maximum absolute atomic E-state index is 5.49. The number of nitrogens with zero attached hydrogens (tertiary/aromatic N) is 1. The molecule has 96 valence electrons. The highest BCUT2D eigenvalue weighted by Gasteiger charge is 1.96. The molecule has 1 heterocycles. The van der Waals surface area contributed by atoms with Gasteiger partial charge in [0.1, 0.15) is 5.82 Å². The van der Waals surface area contributed by atoms with Crippen molar-refractivity contribution in [1.29, 1.82) is 0 Å². The second-order valence-corrected chi connectivity index (χ2v) is 4.28. The fourth-order valence-electron chi connectivity index (χ4n) is 1.76. The second kappa shape index (κ2) is 6.97. The fourth-order valence-corrected chi connectivity index (χ4v) is 1.76. The molecule has 1 N–H and O–H groups in total. The van der Waals surface area contributed by atoms with Crippen LogP contribution in [-0.2, 0) is 4.74 Å². The van der Waals surface area contributed by atoms with Crippen LogP contribution in [0.15, 0.2) is 36.4 Å².